The molecule has 0 saturated carbocycles. The average molecular weight is 272 g/mol. The number of piperazine rings is 1. The van der Waals surface area contributed by atoms with Gasteiger partial charge in [-0.1, -0.05) is 30.0 Å². The Labute approximate surface area is 117 Å². The van der Waals surface area contributed by atoms with E-state index in [4.69, 9.17) is 5.11 Å². The lowest BCUT2D eigenvalue weighted by atomic mass is 10.1. The molecule has 1 aromatic carbocycles. The molecule has 1 saturated heterocycles. The highest BCUT2D eigenvalue weighted by Crippen LogP contribution is 2.13. The molecule has 1 aliphatic rings. The summed E-state index contributed by atoms with van der Waals surface area (Å²) < 4.78 is 0. The van der Waals surface area contributed by atoms with Gasteiger partial charge in [0.1, 0.15) is 13.2 Å². The number of rotatable bonds is 2. The number of likely N-dealkylation sites (N-methyl/N-ethyl adjacent to an activating group) is 1. The van der Waals surface area contributed by atoms with E-state index >= 15 is 0 Å². The van der Waals surface area contributed by atoms with Crippen LogP contribution >= 0.6 is 0 Å². The minimum absolute atomic E-state index is 0.0662. The predicted octanol–water partition coefficient (Wildman–Crippen LogP) is -0.169. The lowest BCUT2D eigenvalue weighted by molar-refractivity contribution is -0.149. The van der Waals surface area contributed by atoms with Crippen molar-refractivity contribution >= 4 is 11.8 Å². The van der Waals surface area contributed by atoms with E-state index in [2.05, 4.69) is 11.8 Å². The van der Waals surface area contributed by atoms with Gasteiger partial charge in [-0.15, -0.1) is 0 Å². The van der Waals surface area contributed by atoms with E-state index in [1.165, 1.54) is 9.80 Å². The quantitative estimate of drug-likeness (QED) is 0.761. The van der Waals surface area contributed by atoms with Crippen molar-refractivity contribution in [2.75, 3.05) is 26.7 Å². The van der Waals surface area contributed by atoms with Gasteiger partial charge in [-0.25, -0.2) is 0 Å². The van der Waals surface area contributed by atoms with Crippen LogP contribution in [0.4, 0.5) is 0 Å². The smallest absolute Gasteiger partial charge is 0.242 e. The monoisotopic (exact) mass is 272 g/mol. The van der Waals surface area contributed by atoms with Gasteiger partial charge in [-0.05, 0) is 11.6 Å². The van der Waals surface area contributed by atoms with Crippen molar-refractivity contribution in [2.24, 2.45) is 0 Å². The minimum atomic E-state index is -0.208. The molecule has 1 heterocycles. The number of carbonyl (C=O) groups excluding carboxylic acids is 2. The molecule has 1 fully saturated rings. The highest BCUT2D eigenvalue weighted by Gasteiger charge is 2.27. The average Bonchev–Trinajstić information content (AvgIpc) is 2.44. The molecule has 20 heavy (non-hydrogen) atoms. The van der Waals surface area contributed by atoms with Crippen molar-refractivity contribution in [3.05, 3.63) is 35.4 Å². The number of aliphatic hydroxyl groups is 1. The maximum atomic E-state index is 11.9. The molecule has 0 aromatic heterocycles. The Hall–Kier alpha value is -2.32. The Balaban J connectivity index is 2.18. The second-order valence-electron chi connectivity index (χ2n) is 4.62. The molecule has 5 nitrogen and oxygen atoms in total. The number of hydrogen-bond acceptors (Lipinski definition) is 3. The van der Waals surface area contributed by atoms with Crippen LogP contribution in [-0.4, -0.2) is 53.5 Å². The Bertz CT molecular complexity index is 586. The summed E-state index contributed by atoms with van der Waals surface area (Å²) in [5, 5.41) is 8.76. The molecule has 1 N–H and O–H groups in total. The molecular weight excluding hydrogens is 256 g/mol. The van der Waals surface area contributed by atoms with Crippen molar-refractivity contribution in [3.8, 4) is 11.8 Å². The zero-order valence-electron chi connectivity index (χ0n) is 11.3. The van der Waals surface area contributed by atoms with E-state index in [-0.39, 0.29) is 31.5 Å². The van der Waals surface area contributed by atoms with E-state index in [0.29, 0.717) is 6.54 Å². The molecule has 0 radical (unpaired) electrons. The van der Waals surface area contributed by atoms with Gasteiger partial charge >= 0.3 is 0 Å². The molecule has 104 valence electrons. The van der Waals surface area contributed by atoms with Gasteiger partial charge in [0.05, 0.1) is 6.54 Å². The van der Waals surface area contributed by atoms with Crippen molar-refractivity contribution < 1.29 is 14.7 Å². The molecule has 2 rings (SSSR count). The minimum Gasteiger partial charge on any atom is -0.384 e. The van der Waals surface area contributed by atoms with E-state index in [1.807, 2.05) is 24.3 Å². The molecule has 0 spiro atoms. The van der Waals surface area contributed by atoms with Gasteiger partial charge in [0, 0.05) is 19.2 Å². The second kappa shape index (κ2) is 6.22. The van der Waals surface area contributed by atoms with Crippen LogP contribution in [0.25, 0.3) is 0 Å². The normalized spacial score (nSPS) is 15.1. The molecule has 0 unspecified atom stereocenters. The van der Waals surface area contributed by atoms with E-state index in [0.717, 1.165) is 11.1 Å². The summed E-state index contributed by atoms with van der Waals surface area (Å²) in [4.78, 5) is 26.6. The van der Waals surface area contributed by atoms with Gasteiger partial charge < -0.3 is 14.9 Å². The van der Waals surface area contributed by atoms with Crippen LogP contribution in [0.1, 0.15) is 11.1 Å². The van der Waals surface area contributed by atoms with Gasteiger partial charge in [-0.2, -0.15) is 0 Å². The van der Waals surface area contributed by atoms with Crippen LogP contribution in [0.15, 0.2) is 24.3 Å². The van der Waals surface area contributed by atoms with E-state index in [1.54, 1.807) is 7.05 Å². The van der Waals surface area contributed by atoms with Crippen LogP contribution in [0.3, 0.4) is 0 Å². The van der Waals surface area contributed by atoms with Crippen LogP contribution in [0.2, 0.25) is 0 Å². The summed E-state index contributed by atoms with van der Waals surface area (Å²) in [6.07, 6.45) is 0. The molecule has 0 atom stereocenters. The fraction of sp³-hybridized carbons (Fsp3) is 0.333. The largest absolute Gasteiger partial charge is 0.384 e. The summed E-state index contributed by atoms with van der Waals surface area (Å²) in [5.74, 6) is 5.31. The number of hydrogen-bond donors (Lipinski definition) is 1. The molecule has 1 aliphatic heterocycles. The number of benzene rings is 1. The SMILES string of the molecule is CN1CC(=O)N(Cc2ccccc2C#CCO)CC1=O. The van der Waals surface area contributed by atoms with E-state index < -0.39 is 0 Å². The van der Waals surface area contributed by atoms with Gasteiger partial charge in [-0.3, -0.25) is 9.59 Å². The molecule has 0 bridgehead atoms. The lowest BCUT2D eigenvalue weighted by Gasteiger charge is -2.31. The van der Waals surface area contributed by atoms with Crippen LogP contribution in [0.5, 0.6) is 0 Å². The first-order valence-electron chi connectivity index (χ1n) is 6.31. The zero-order valence-corrected chi connectivity index (χ0v) is 11.3. The lowest BCUT2D eigenvalue weighted by Crippen LogP contribution is -2.51. The highest BCUT2D eigenvalue weighted by atomic mass is 16.2. The third-order valence-corrected chi connectivity index (χ3v) is 3.16. The van der Waals surface area contributed by atoms with Crippen LogP contribution in [0, 0.1) is 11.8 Å². The van der Waals surface area contributed by atoms with Crippen molar-refractivity contribution in [3.63, 3.8) is 0 Å². The number of nitrogens with zero attached hydrogens (tertiary/aromatic N) is 2. The Kier molecular flexibility index (Phi) is 4.38. The Morgan fingerprint density at radius 1 is 1.20 bits per heavy atom. The van der Waals surface area contributed by atoms with Crippen LogP contribution < -0.4 is 0 Å². The Morgan fingerprint density at radius 2 is 1.95 bits per heavy atom. The van der Waals surface area contributed by atoms with Crippen LogP contribution in [-0.2, 0) is 16.1 Å². The number of aliphatic hydroxyl groups excluding tert-OH is 1. The third kappa shape index (κ3) is 3.16. The maximum absolute atomic E-state index is 11.9. The van der Waals surface area contributed by atoms with Crippen molar-refractivity contribution in [1.82, 2.24) is 9.80 Å². The summed E-state index contributed by atoms with van der Waals surface area (Å²) in [7, 11) is 1.62. The zero-order chi connectivity index (χ0) is 14.5. The molecule has 2 amide bonds. The summed E-state index contributed by atoms with van der Waals surface area (Å²) in [5.41, 5.74) is 1.64. The molecular formula is C15H16N2O3. The Morgan fingerprint density at radius 3 is 2.70 bits per heavy atom. The fourth-order valence-corrected chi connectivity index (χ4v) is 2.03. The second-order valence-corrected chi connectivity index (χ2v) is 4.62. The van der Waals surface area contributed by atoms with Crippen molar-refractivity contribution in [1.29, 1.82) is 0 Å². The van der Waals surface area contributed by atoms with Crippen molar-refractivity contribution in [2.45, 2.75) is 6.54 Å². The van der Waals surface area contributed by atoms with Gasteiger partial charge in [0.25, 0.3) is 0 Å². The number of amides is 2. The molecule has 5 heteroatoms. The maximum Gasteiger partial charge on any atom is 0.242 e. The van der Waals surface area contributed by atoms with E-state index in [9.17, 15) is 9.59 Å². The fourth-order valence-electron chi connectivity index (χ4n) is 2.03. The highest BCUT2D eigenvalue weighted by molar-refractivity contribution is 5.92. The first kappa shape index (κ1) is 14.1. The first-order valence-corrected chi connectivity index (χ1v) is 6.31. The van der Waals surface area contributed by atoms with Gasteiger partial charge in [0.15, 0.2) is 0 Å². The number of carbonyl (C=O) groups is 2. The standard InChI is InChI=1S/C15H16N2O3/c1-16-10-15(20)17(11-14(16)19)9-13-6-3-2-5-12(13)7-4-8-18/h2-3,5-6,18H,8-11H2,1H3. The van der Waals surface area contributed by atoms with Gasteiger partial charge in [0.2, 0.25) is 11.8 Å². The summed E-state index contributed by atoms with van der Waals surface area (Å²) in [6.45, 7) is 0.357. The molecule has 0 aliphatic carbocycles. The first-order chi connectivity index (χ1) is 9.61. The molecule has 1 aromatic rings. The third-order valence-electron chi connectivity index (χ3n) is 3.16. The predicted molar refractivity (Wildman–Crippen MR) is 73.5 cm³/mol. The topological polar surface area (TPSA) is 60.9 Å². The summed E-state index contributed by atoms with van der Waals surface area (Å²) >= 11 is 0. The summed E-state index contributed by atoms with van der Waals surface area (Å²) in [6, 6.07) is 7.42.